The Morgan fingerprint density at radius 2 is 0.914 bits per heavy atom. The van der Waals surface area contributed by atoms with Gasteiger partial charge in [-0.2, -0.15) is 0 Å². The molecule has 0 saturated heterocycles. The Morgan fingerprint density at radius 3 is 1.60 bits per heavy atom. The maximum atomic E-state index is 6.57. The van der Waals surface area contributed by atoms with Crippen LogP contribution in [0.3, 0.4) is 0 Å². The molecule has 0 atom stereocenters. The van der Waals surface area contributed by atoms with Crippen LogP contribution in [0.1, 0.15) is 0 Å². The van der Waals surface area contributed by atoms with Gasteiger partial charge in [0.05, 0.1) is 5.69 Å². The molecular weight excluding hydrogens is 739 g/mol. The van der Waals surface area contributed by atoms with E-state index in [1.807, 2.05) is 17.4 Å². The molecule has 2 heterocycles. The van der Waals surface area contributed by atoms with Gasteiger partial charge in [0.25, 0.3) is 0 Å². The van der Waals surface area contributed by atoms with E-state index in [-0.39, 0.29) is 0 Å². The second-order valence-corrected chi connectivity index (χ2v) is 19.7. The van der Waals surface area contributed by atoms with Gasteiger partial charge in [0, 0.05) is 48.4 Å². The average molecular weight is 776 g/mol. The largest absolute Gasteiger partial charge is 0.456 e. The summed E-state index contributed by atoms with van der Waals surface area (Å²) in [5.41, 5.74) is 7.48. The van der Waals surface area contributed by atoms with Gasteiger partial charge in [-0.25, -0.2) is 0 Å². The zero-order valence-electron chi connectivity index (χ0n) is 31.6. The van der Waals surface area contributed by atoms with Crippen molar-refractivity contribution in [3.63, 3.8) is 0 Å². The van der Waals surface area contributed by atoms with E-state index in [0.717, 1.165) is 39.0 Å². The Hall–Kier alpha value is -6.98. The highest BCUT2D eigenvalue weighted by molar-refractivity contribution is 7.26. The number of thiophene rings is 1. The molecule has 58 heavy (non-hydrogen) atoms. The summed E-state index contributed by atoms with van der Waals surface area (Å²) >= 11 is 1.86. The summed E-state index contributed by atoms with van der Waals surface area (Å²) in [5, 5.41) is 10.1. The van der Waals surface area contributed by atoms with Gasteiger partial charge in [-0.15, -0.1) is 11.3 Å². The summed E-state index contributed by atoms with van der Waals surface area (Å²) < 4.78 is 9.09. The quantitative estimate of drug-likeness (QED) is 0.113. The fraction of sp³-hybridized carbons (Fsp3) is 0. The van der Waals surface area contributed by atoms with Crippen LogP contribution in [-0.2, 0) is 0 Å². The van der Waals surface area contributed by atoms with E-state index in [1.165, 1.54) is 52.0 Å². The third-order valence-electron chi connectivity index (χ3n) is 11.6. The first-order chi connectivity index (χ1) is 28.8. The lowest BCUT2D eigenvalue weighted by Crippen LogP contribution is -2.74. The maximum Gasteiger partial charge on any atom is 0.179 e. The molecule has 0 bridgehead atoms. The van der Waals surface area contributed by atoms with Gasteiger partial charge in [0.2, 0.25) is 0 Å². The number of furan rings is 1. The second kappa shape index (κ2) is 14.2. The SMILES string of the molecule is c1ccc(-c2cccc3sc4cccc(N(c5cccc([Si](c6ccccc6)(c6ccccc6)c6ccccc6)c5)c5ccc6c(c5)oc5ccccc56)c4c23)cc1. The van der Waals surface area contributed by atoms with Crippen LogP contribution in [0, 0.1) is 0 Å². The topological polar surface area (TPSA) is 16.4 Å². The van der Waals surface area contributed by atoms with Crippen LogP contribution in [0.2, 0.25) is 0 Å². The second-order valence-electron chi connectivity index (χ2n) is 14.8. The number of fused-ring (bicyclic) bond motifs is 6. The standard InChI is InChI=1S/C54H37NOSSi/c1-5-18-38(19-6-1)45-29-16-32-51-53(45)54-48(30-17-33-52(54)57-51)55(40-34-35-47-46-28-13-14-31-49(46)56-50(47)37-40)39-20-15-27-44(36-39)58(41-21-7-2-8-22-41,42-23-9-3-10-24-42)43-25-11-4-12-26-43/h1-37H. The lowest BCUT2D eigenvalue weighted by molar-refractivity contribution is 0.669. The zero-order valence-corrected chi connectivity index (χ0v) is 33.4. The van der Waals surface area contributed by atoms with Crippen molar-refractivity contribution in [3.05, 3.63) is 224 Å². The van der Waals surface area contributed by atoms with Gasteiger partial charge in [-0.1, -0.05) is 170 Å². The van der Waals surface area contributed by atoms with Gasteiger partial charge in [-0.05, 0) is 80.4 Å². The van der Waals surface area contributed by atoms with Gasteiger partial charge in [0.1, 0.15) is 11.2 Å². The third-order valence-corrected chi connectivity index (χ3v) is 17.5. The number of anilines is 3. The number of benzene rings is 9. The van der Waals surface area contributed by atoms with Crippen molar-refractivity contribution in [3.8, 4) is 11.1 Å². The molecule has 0 saturated carbocycles. The van der Waals surface area contributed by atoms with Crippen molar-refractivity contribution in [2.24, 2.45) is 0 Å². The first-order valence-corrected chi connectivity index (χ1v) is 22.6. The molecule has 0 spiro atoms. The Bertz CT molecular complexity index is 3130. The summed E-state index contributed by atoms with van der Waals surface area (Å²) in [7, 11) is -2.83. The van der Waals surface area contributed by atoms with Crippen molar-refractivity contribution < 1.29 is 4.42 Å². The lowest BCUT2D eigenvalue weighted by atomic mass is 9.98. The molecule has 274 valence electrons. The fourth-order valence-corrected chi connectivity index (χ4v) is 15.1. The van der Waals surface area contributed by atoms with Crippen molar-refractivity contribution in [1.82, 2.24) is 0 Å². The van der Waals surface area contributed by atoms with Crippen LogP contribution in [0.4, 0.5) is 17.1 Å². The minimum absolute atomic E-state index is 0.869. The molecule has 2 nitrogen and oxygen atoms in total. The summed E-state index contributed by atoms with van der Waals surface area (Å²) in [4.78, 5) is 2.46. The van der Waals surface area contributed by atoms with Gasteiger partial charge in [0.15, 0.2) is 8.07 Å². The Kier molecular flexibility index (Phi) is 8.39. The molecule has 0 fully saturated rings. The summed E-state index contributed by atoms with van der Waals surface area (Å²) in [5.74, 6) is 0. The average Bonchev–Trinajstić information content (AvgIpc) is 3.87. The van der Waals surface area contributed by atoms with Crippen molar-refractivity contribution in [2.75, 3.05) is 4.90 Å². The number of nitrogens with zero attached hydrogens (tertiary/aromatic N) is 1. The Morgan fingerprint density at radius 1 is 0.379 bits per heavy atom. The van der Waals surface area contributed by atoms with Crippen LogP contribution in [-0.4, -0.2) is 8.07 Å². The molecular formula is C54H37NOSSi. The summed E-state index contributed by atoms with van der Waals surface area (Å²) in [6.07, 6.45) is 0. The number of hydrogen-bond acceptors (Lipinski definition) is 3. The van der Waals surface area contributed by atoms with E-state index in [9.17, 15) is 0 Å². The minimum atomic E-state index is -2.83. The number of para-hydroxylation sites is 1. The predicted molar refractivity (Wildman–Crippen MR) is 250 cm³/mol. The highest BCUT2D eigenvalue weighted by Gasteiger charge is 2.41. The maximum absolute atomic E-state index is 6.57. The molecule has 0 unspecified atom stereocenters. The number of rotatable bonds is 8. The van der Waals surface area contributed by atoms with E-state index in [1.54, 1.807) is 0 Å². The van der Waals surface area contributed by atoms with Crippen LogP contribution in [0.25, 0.3) is 53.2 Å². The summed E-state index contributed by atoms with van der Waals surface area (Å²) in [6, 6.07) is 82.2. The Labute approximate surface area is 342 Å². The van der Waals surface area contributed by atoms with Crippen molar-refractivity contribution >= 4 is 99.3 Å². The first-order valence-electron chi connectivity index (χ1n) is 19.8. The lowest BCUT2D eigenvalue weighted by Gasteiger charge is -2.35. The van der Waals surface area contributed by atoms with Gasteiger partial charge in [-0.3, -0.25) is 0 Å². The normalized spacial score (nSPS) is 11.8. The minimum Gasteiger partial charge on any atom is -0.456 e. The molecule has 0 radical (unpaired) electrons. The molecule has 0 N–H and O–H groups in total. The molecule has 4 heteroatoms. The molecule has 0 amide bonds. The van der Waals surface area contributed by atoms with Gasteiger partial charge < -0.3 is 9.32 Å². The molecule has 11 aromatic rings. The zero-order chi connectivity index (χ0) is 38.5. The van der Waals surface area contributed by atoms with Crippen LogP contribution in [0.5, 0.6) is 0 Å². The van der Waals surface area contributed by atoms with Crippen LogP contribution in [0.15, 0.2) is 229 Å². The summed E-state index contributed by atoms with van der Waals surface area (Å²) in [6.45, 7) is 0. The van der Waals surface area contributed by atoms with Crippen molar-refractivity contribution in [2.45, 2.75) is 0 Å². The molecule has 11 rings (SSSR count). The van der Waals surface area contributed by atoms with E-state index in [4.69, 9.17) is 4.42 Å². The fourth-order valence-electron chi connectivity index (χ4n) is 9.12. The van der Waals surface area contributed by atoms with E-state index >= 15 is 0 Å². The third kappa shape index (κ3) is 5.53. The highest BCUT2D eigenvalue weighted by atomic mass is 32.1. The Balaban J connectivity index is 1.22. The smallest absolute Gasteiger partial charge is 0.179 e. The van der Waals surface area contributed by atoms with E-state index in [0.29, 0.717) is 0 Å². The van der Waals surface area contributed by atoms with Crippen LogP contribution < -0.4 is 25.6 Å². The highest BCUT2D eigenvalue weighted by Crippen LogP contribution is 2.48. The molecule has 9 aromatic carbocycles. The molecule has 0 aliphatic rings. The van der Waals surface area contributed by atoms with E-state index in [2.05, 4.69) is 223 Å². The van der Waals surface area contributed by atoms with Crippen molar-refractivity contribution in [1.29, 1.82) is 0 Å². The predicted octanol–water partition coefficient (Wildman–Crippen LogP) is 12.5. The van der Waals surface area contributed by atoms with E-state index < -0.39 is 8.07 Å². The molecule has 2 aromatic heterocycles. The van der Waals surface area contributed by atoms with Gasteiger partial charge >= 0.3 is 0 Å². The van der Waals surface area contributed by atoms with Crippen LogP contribution >= 0.6 is 11.3 Å². The molecule has 0 aliphatic carbocycles. The molecule has 0 aliphatic heterocycles. The first kappa shape index (κ1) is 34.3. The number of hydrogen-bond donors (Lipinski definition) is 0. The monoisotopic (exact) mass is 775 g/mol.